The second kappa shape index (κ2) is 9.07. The average molecular weight is 399 g/mol. The molecule has 0 radical (unpaired) electrons. The topological polar surface area (TPSA) is 79.5 Å². The summed E-state index contributed by atoms with van der Waals surface area (Å²) in [7, 11) is 1.30. The maximum Gasteiger partial charge on any atom is 0.354 e. The van der Waals surface area contributed by atoms with Crippen LogP contribution >= 0.6 is 0 Å². The van der Waals surface area contributed by atoms with Gasteiger partial charge in [-0.2, -0.15) is 0 Å². The number of hydrogen-bond donors (Lipinski definition) is 1. The molecular formula is C23H30N2O4. The highest BCUT2D eigenvalue weighted by Crippen LogP contribution is 2.23. The van der Waals surface area contributed by atoms with E-state index in [1.54, 1.807) is 37.8 Å². The molecule has 0 aliphatic heterocycles. The van der Waals surface area contributed by atoms with Gasteiger partial charge in [0.2, 0.25) is 0 Å². The summed E-state index contributed by atoms with van der Waals surface area (Å²) in [5.74, 6) is -0.711. The number of nitrogens with zero attached hydrogens (tertiary/aromatic N) is 1. The van der Waals surface area contributed by atoms with E-state index in [0.29, 0.717) is 28.9 Å². The van der Waals surface area contributed by atoms with Gasteiger partial charge in [-0.25, -0.2) is 4.79 Å². The molecule has 0 spiro atoms. The Balaban J connectivity index is 2.41. The normalized spacial score (nSPS) is 12.0. The summed E-state index contributed by atoms with van der Waals surface area (Å²) in [5, 5.41) is 0. The van der Waals surface area contributed by atoms with Gasteiger partial charge < -0.3 is 14.6 Å². The first-order valence-electron chi connectivity index (χ1n) is 9.77. The van der Waals surface area contributed by atoms with E-state index in [0.717, 1.165) is 5.56 Å². The summed E-state index contributed by atoms with van der Waals surface area (Å²) < 4.78 is 4.79. The third-order valence-corrected chi connectivity index (χ3v) is 5.04. The van der Waals surface area contributed by atoms with Crippen LogP contribution in [0.2, 0.25) is 0 Å². The lowest BCUT2D eigenvalue weighted by Gasteiger charge is -2.30. The van der Waals surface area contributed by atoms with Gasteiger partial charge in [0.05, 0.1) is 13.2 Å². The summed E-state index contributed by atoms with van der Waals surface area (Å²) in [6, 6.07) is 6.66. The predicted octanol–water partition coefficient (Wildman–Crippen LogP) is 4.10. The second-order valence-electron chi connectivity index (χ2n) is 7.87. The molecule has 156 valence electrons. The van der Waals surface area contributed by atoms with Gasteiger partial charge in [0.15, 0.2) is 5.78 Å². The van der Waals surface area contributed by atoms with E-state index >= 15 is 0 Å². The van der Waals surface area contributed by atoms with Crippen molar-refractivity contribution >= 4 is 17.7 Å². The molecule has 0 fully saturated rings. The molecule has 0 unspecified atom stereocenters. The second-order valence-corrected chi connectivity index (χ2v) is 7.87. The number of methoxy groups -OCH3 is 1. The first-order valence-corrected chi connectivity index (χ1v) is 9.77. The zero-order chi connectivity index (χ0) is 21.9. The Kier molecular flexibility index (Phi) is 7.01. The summed E-state index contributed by atoms with van der Waals surface area (Å²) in [5.41, 5.74) is 3.44. The number of aromatic nitrogens is 1. The fourth-order valence-electron chi connectivity index (χ4n) is 3.45. The smallest absolute Gasteiger partial charge is 0.354 e. The Morgan fingerprint density at radius 2 is 1.62 bits per heavy atom. The van der Waals surface area contributed by atoms with Crippen LogP contribution in [-0.4, -0.2) is 47.2 Å². The van der Waals surface area contributed by atoms with Gasteiger partial charge in [0.1, 0.15) is 5.69 Å². The fourth-order valence-corrected chi connectivity index (χ4v) is 3.45. The lowest BCUT2D eigenvalue weighted by Crippen LogP contribution is -2.45. The SMILES string of the molecule is COC(=O)c1[nH]c(C)c(C(=O)[C@@H](C)N(CC(C)C)C(=O)c2ccc(C)cc2)c1C. The summed E-state index contributed by atoms with van der Waals surface area (Å²) >= 11 is 0. The number of Topliss-reactive ketones (excluding diaryl/α,β-unsaturated/α-hetero) is 1. The van der Waals surface area contributed by atoms with Gasteiger partial charge in [-0.05, 0) is 51.3 Å². The van der Waals surface area contributed by atoms with Crippen molar-refractivity contribution in [3.8, 4) is 0 Å². The Morgan fingerprint density at radius 1 is 1.03 bits per heavy atom. The van der Waals surface area contributed by atoms with Crippen LogP contribution in [0.15, 0.2) is 24.3 Å². The molecule has 6 nitrogen and oxygen atoms in total. The Morgan fingerprint density at radius 3 is 2.14 bits per heavy atom. The van der Waals surface area contributed by atoms with Crippen molar-refractivity contribution in [1.82, 2.24) is 9.88 Å². The standard InChI is InChI=1S/C23H30N2O4/c1-13(2)12-25(22(27)18-10-8-14(3)9-11-18)17(6)21(26)19-15(4)20(23(28)29-7)24-16(19)5/h8-11,13,17,24H,12H2,1-7H3/t17-/m1/s1. The molecule has 0 aliphatic rings. The predicted molar refractivity (Wildman–Crippen MR) is 112 cm³/mol. The van der Waals surface area contributed by atoms with Crippen LogP contribution in [0.25, 0.3) is 0 Å². The van der Waals surface area contributed by atoms with Crippen molar-refractivity contribution in [2.24, 2.45) is 5.92 Å². The minimum atomic E-state index is -0.676. The van der Waals surface area contributed by atoms with Crippen LogP contribution in [0, 0.1) is 26.7 Å². The molecule has 0 aliphatic carbocycles. The highest BCUT2D eigenvalue weighted by atomic mass is 16.5. The molecule has 1 aromatic carbocycles. The zero-order valence-electron chi connectivity index (χ0n) is 18.3. The van der Waals surface area contributed by atoms with E-state index < -0.39 is 12.0 Å². The number of H-pyrrole nitrogens is 1. The molecule has 0 bridgehead atoms. The summed E-state index contributed by atoms with van der Waals surface area (Å²) in [4.78, 5) is 43.1. The third kappa shape index (κ3) is 4.75. The minimum absolute atomic E-state index is 0.182. The van der Waals surface area contributed by atoms with Crippen molar-refractivity contribution < 1.29 is 19.1 Å². The molecular weight excluding hydrogens is 368 g/mol. The quantitative estimate of drug-likeness (QED) is 0.563. The van der Waals surface area contributed by atoms with Gasteiger partial charge >= 0.3 is 5.97 Å². The molecule has 0 saturated heterocycles. The molecule has 2 aromatic rings. The van der Waals surface area contributed by atoms with Crippen molar-refractivity contribution in [2.45, 2.75) is 47.6 Å². The number of aromatic amines is 1. The molecule has 2 rings (SSSR count). The van der Waals surface area contributed by atoms with Crippen molar-refractivity contribution in [2.75, 3.05) is 13.7 Å². The number of benzene rings is 1. The van der Waals surface area contributed by atoms with Crippen molar-refractivity contribution in [3.05, 3.63) is 57.9 Å². The zero-order valence-corrected chi connectivity index (χ0v) is 18.3. The number of ether oxygens (including phenoxy) is 1. The van der Waals surface area contributed by atoms with Crippen LogP contribution in [-0.2, 0) is 4.74 Å². The maximum atomic E-state index is 13.4. The molecule has 6 heteroatoms. The molecule has 1 N–H and O–H groups in total. The van der Waals surface area contributed by atoms with E-state index in [-0.39, 0.29) is 23.3 Å². The van der Waals surface area contributed by atoms with Crippen molar-refractivity contribution in [1.29, 1.82) is 0 Å². The number of esters is 1. The van der Waals surface area contributed by atoms with Gasteiger partial charge in [-0.15, -0.1) is 0 Å². The van der Waals surface area contributed by atoms with Crippen LogP contribution in [0.5, 0.6) is 0 Å². The molecule has 1 heterocycles. The molecule has 0 saturated carbocycles. The molecule has 1 aromatic heterocycles. The summed E-state index contributed by atoms with van der Waals surface area (Å²) in [6.45, 7) is 11.6. The van der Waals surface area contributed by atoms with Crippen LogP contribution in [0.3, 0.4) is 0 Å². The number of carbonyl (C=O) groups is 3. The van der Waals surface area contributed by atoms with Crippen LogP contribution in [0.1, 0.15) is 68.8 Å². The van der Waals surface area contributed by atoms with E-state index in [1.807, 2.05) is 32.9 Å². The number of rotatable bonds is 7. The lowest BCUT2D eigenvalue weighted by atomic mass is 9.98. The Bertz CT molecular complexity index is 910. The number of ketones is 1. The fraction of sp³-hybridized carbons (Fsp3) is 0.435. The first-order chi connectivity index (χ1) is 13.6. The average Bonchev–Trinajstić information content (AvgIpc) is 2.98. The number of hydrogen-bond acceptors (Lipinski definition) is 4. The number of aryl methyl sites for hydroxylation is 2. The van der Waals surface area contributed by atoms with Crippen molar-refractivity contribution in [3.63, 3.8) is 0 Å². The van der Waals surface area contributed by atoms with Gasteiger partial charge in [0, 0.05) is 23.4 Å². The largest absolute Gasteiger partial charge is 0.464 e. The lowest BCUT2D eigenvalue weighted by molar-refractivity contribution is 0.0591. The number of carbonyl (C=O) groups excluding carboxylic acids is 3. The summed E-state index contributed by atoms with van der Waals surface area (Å²) in [6.07, 6.45) is 0. The third-order valence-electron chi connectivity index (χ3n) is 5.04. The van der Waals surface area contributed by atoms with E-state index in [2.05, 4.69) is 4.98 Å². The van der Waals surface area contributed by atoms with E-state index in [1.165, 1.54) is 7.11 Å². The molecule has 1 amide bonds. The van der Waals surface area contributed by atoms with Crippen LogP contribution in [0.4, 0.5) is 0 Å². The Labute approximate surface area is 172 Å². The van der Waals surface area contributed by atoms with Gasteiger partial charge in [0.25, 0.3) is 5.91 Å². The first kappa shape index (κ1) is 22.4. The van der Waals surface area contributed by atoms with E-state index in [9.17, 15) is 14.4 Å². The number of nitrogens with one attached hydrogen (secondary N) is 1. The number of amides is 1. The highest BCUT2D eigenvalue weighted by molar-refractivity contribution is 6.07. The van der Waals surface area contributed by atoms with Gasteiger partial charge in [-0.3, -0.25) is 9.59 Å². The van der Waals surface area contributed by atoms with Gasteiger partial charge in [-0.1, -0.05) is 31.5 Å². The monoisotopic (exact) mass is 398 g/mol. The highest BCUT2D eigenvalue weighted by Gasteiger charge is 2.32. The molecule has 29 heavy (non-hydrogen) atoms. The van der Waals surface area contributed by atoms with Crippen LogP contribution < -0.4 is 0 Å². The van der Waals surface area contributed by atoms with E-state index in [4.69, 9.17) is 4.74 Å². The minimum Gasteiger partial charge on any atom is -0.464 e. The molecule has 1 atom stereocenters. The Hall–Kier alpha value is -2.89. The maximum absolute atomic E-state index is 13.4.